The molecular formula is C101H128N2OS. The number of hydrogen-bond acceptors (Lipinski definition) is 4. The van der Waals surface area contributed by atoms with Crippen LogP contribution in [-0.4, -0.2) is 9.97 Å². The van der Waals surface area contributed by atoms with E-state index in [0.717, 1.165) is 83.2 Å². The zero-order chi connectivity index (χ0) is 74.5. The Morgan fingerprint density at radius 1 is 0.381 bits per heavy atom. The van der Waals surface area contributed by atoms with Crippen LogP contribution in [0.15, 0.2) is 174 Å². The van der Waals surface area contributed by atoms with Crippen molar-refractivity contribution >= 4 is 53.4 Å². The van der Waals surface area contributed by atoms with Crippen LogP contribution in [0.1, 0.15) is 317 Å². The second kappa shape index (κ2) is 32.4. The van der Waals surface area contributed by atoms with Gasteiger partial charge in [0.15, 0.2) is 5.82 Å². The smallest absolute Gasteiger partial charge is 0.159 e. The van der Waals surface area contributed by atoms with E-state index in [0.29, 0.717) is 5.92 Å². The van der Waals surface area contributed by atoms with Crippen molar-refractivity contribution in [1.29, 1.82) is 0 Å². The van der Waals surface area contributed by atoms with E-state index in [1.165, 1.54) is 191 Å². The number of unbranched alkanes of at least 4 members (excludes halogenated alkanes) is 10. The van der Waals surface area contributed by atoms with Crippen molar-refractivity contribution in [2.45, 2.75) is 310 Å². The fourth-order valence-electron chi connectivity index (χ4n) is 19.5. The molecule has 11 aromatic rings. The number of para-hydroxylation sites is 1. The number of thiophene rings is 1. The Labute approximate surface area is 638 Å². The predicted octanol–water partition coefficient (Wildman–Crippen LogP) is 31.2. The highest BCUT2D eigenvalue weighted by Crippen LogP contribution is 2.59. The molecule has 1 aliphatic carbocycles. The summed E-state index contributed by atoms with van der Waals surface area (Å²) in [6.07, 6.45) is 28.6. The zero-order valence-electron chi connectivity index (χ0n) is 67.9. The Morgan fingerprint density at radius 3 is 1.49 bits per heavy atom. The van der Waals surface area contributed by atoms with Gasteiger partial charge in [-0.3, -0.25) is 0 Å². The molecule has 0 spiro atoms. The summed E-state index contributed by atoms with van der Waals surface area (Å²) in [5.74, 6) is 1.26. The van der Waals surface area contributed by atoms with Crippen molar-refractivity contribution in [1.82, 2.24) is 9.97 Å². The van der Waals surface area contributed by atoms with Gasteiger partial charge in [0.2, 0.25) is 0 Å². The molecule has 1 aliphatic rings. The van der Waals surface area contributed by atoms with Crippen LogP contribution in [0.2, 0.25) is 0 Å². The molecule has 554 valence electrons. The van der Waals surface area contributed by atoms with Gasteiger partial charge >= 0.3 is 0 Å². The van der Waals surface area contributed by atoms with E-state index >= 15 is 0 Å². The van der Waals surface area contributed by atoms with Crippen molar-refractivity contribution in [2.75, 3.05) is 0 Å². The van der Waals surface area contributed by atoms with Crippen LogP contribution in [0, 0.1) is 5.92 Å². The lowest BCUT2D eigenvalue weighted by atomic mass is 9.54. The first-order chi connectivity index (χ1) is 50.6. The molecule has 5 unspecified atom stereocenters. The minimum Gasteiger partial charge on any atom is -0.456 e. The molecule has 0 radical (unpaired) electrons. The topological polar surface area (TPSA) is 38.9 Å². The number of furan rings is 1. The minimum atomic E-state index is -0.458. The van der Waals surface area contributed by atoms with E-state index in [1.54, 1.807) is 11.1 Å². The molecule has 0 bridgehead atoms. The third-order valence-electron chi connectivity index (χ3n) is 27.9. The second-order valence-electron chi connectivity index (χ2n) is 34.5. The summed E-state index contributed by atoms with van der Waals surface area (Å²) in [5, 5.41) is 4.79. The van der Waals surface area contributed by atoms with Gasteiger partial charge in [0.25, 0.3) is 0 Å². The summed E-state index contributed by atoms with van der Waals surface area (Å²) >= 11 is 1.85. The third-order valence-corrected chi connectivity index (χ3v) is 29.0. The van der Waals surface area contributed by atoms with Crippen molar-refractivity contribution in [3.8, 4) is 44.8 Å². The van der Waals surface area contributed by atoms with Gasteiger partial charge in [0, 0.05) is 63.6 Å². The van der Waals surface area contributed by atoms with Crippen LogP contribution in [-0.2, 0) is 37.9 Å². The van der Waals surface area contributed by atoms with Gasteiger partial charge in [-0.05, 0) is 184 Å². The fourth-order valence-corrected chi connectivity index (χ4v) is 20.6. The molecule has 105 heavy (non-hydrogen) atoms. The standard InChI is InChI=1S/C101H128N2OS/c1-18-27-29-31-33-39-59-101(60-40-34-32-30-28-19-2)86-64-74(95(11,12)23-6)52-54-80(86)81-55-53-77(65-87(81)101)97(14,24-7)98(15,25-8)92-68-93(103-94(102-92)73-51-56-90-84(63-73)85-66-83-82-49-37-38-50-88(82)104-89(83)67-91(85)105-90)99(16,26-9)100(17,69-70(10)22-5)76-46-42-44-72(62-76)79-48-36-35-47-78(79)71-43-41-45-75(61-71)96(13,57-20-3)58-21-4/h35-38,41-56,61-68,70H,18-34,39-40,57-60,69H2,1-17H3. The zero-order valence-corrected chi connectivity index (χ0v) is 68.7. The van der Waals surface area contributed by atoms with Crippen LogP contribution in [0.25, 0.3) is 86.9 Å². The molecule has 0 fully saturated rings. The van der Waals surface area contributed by atoms with E-state index in [2.05, 4.69) is 288 Å². The maximum Gasteiger partial charge on any atom is 0.159 e. The van der Waals surface area contributed by atoms with Gasteiger partial charge in [0.1, 0.15) is 11.2 Å². The largest absolute Gasteiger partial charge is 0.456 e. The molecule has 5 atom stereocenters. The van der Waals surface area contributed by atoms with Crippen LogP contribution in [0.3, 0.4) is 0 Å². The Kier molecular flexibility index (Phi) is 23.9. The Morgan fingerprint density at radius 2 is 0.905 bits per heavy atom. The Balaban J connectivity index is 1.05. The lowest BCUT2D eigenvalue weighted by Gasteiger charge is -2.50. The first-order valence-electron chi connectivity index (χ1n) is 41.9. The van der Waals surface area contributed by atoms with Gasteiger partial charge in [-0.15, -0.1) is 11.3 Å². The summed E-state index contributed by atoms with van der Waals surface area (Å²) in [6.45, 7) is 41.8. The van der Waals surface area contributed by atoms with E-state index in [9.17, 15) is 0 Å². The molecule has 3 heterocycles. The van der Waals surface area contributed by atoms with Crippen molar-refractivity contribution in [3.63, 3.8) is 0 Å². The summed E-state index contributed by atoms with van der Waals surface area (Å²) in [5.41, 5.74) is 20.7. The van der Waals surface area contributed by atoms with E-state index in [4.69, 9.17) is 14.4 Å². The van der Waals surface area contributed by atoms with Gasteiger partial charge < -0.3 is 4.42 Å². The lowest BCUT2D eigenvalue weighted by molar-refractivity contribution is 0.190. The fraction of sp³-hybridized carbons (Fsp3) is 0.485. The van der Waals surface area contributed by atoms with Gasteiger partial charge in [0.05, 0.1) is 11.4 Å². The average molecular weight is 1420 g/mol. The molecule has 3 aromatic heterocycles. The van der Waals surface area contributed by atoms with Crippen molar-refractivity contribution < 1.29 is 4.42 Å². The molecule has 0 aliphatic heterocycles. The van der Waals surface area contributed by atoms with Crippen molar-refractivity contribution in [3.05, 3.63) is 215 Å². The molecule has 0 saturated heterocycles. The van der Waals surface area contributed by atoms with Crippen LogP contribution < -0.4 is 0 Å². The quantitative estimate of drug-likeness (QED) is 0.0367. The minimum absolute atomic E-state index is 0.0678. The van der Waals surface area contributed by atoms with Gasteiger partial charge in [-0.1, -0.05) is 341 Å². The second-order valence-corrected chi connectivity index (χ2v) is 35.6. The highest BCUT2D eigenvalue weighted by Gasteiger charge is 2.52. The first kappa shape index (κ1) is 77.5. The average Bonchev–Trinajstić information content (AvgIpc) is 1.66. The number of benzene rings is 8. The molecule has 12 rings (SSSR count). The molecule has 4 heteroatoms. The van der Waals surface area contributed by atoms with E-state index in [1.807, 2.05) is 11.3 Å². The predicted molar refractivity (Wildman–Crippen MR) is 458 cm³/mol. The third kappa shape index (κ3) is 14.5. The number of nitrogens with zero attached hydrogens (tertiary/aromatic N) is 2. The molecule has 0 saturated carbocycles. The lowest BCUT2D eigenvalue weighted by Crippen LogP contribution is -2.48. The maximum absolute atomic E-state index is 6.51. The van der Waals surface area contributed by atoms with E-state index in [-0.39, 0.29) is 27.1 Å². The molecule has 0 N–H and O–H groups in total. The SMILES string of the molecule is CCCCCCCCC1(CCCCCCCC)c2cc(C(C)(C)CC)ccc2-c2ccc(C(C)(CC)C(C)(CC)c3cc(C(C)(CC)C(C)(CC(C)CC)c4cccc(-c5ccccc5-c5cccc(C(C)(CCC)CCC)c5)c4)nc(-c4ccc5sc6cc7oc8ccccc8c7cc6c5c4)n3)cc21. The molecule has 0 amide bonds. The Bertz CT molecular complexity index is 4780. The van der Waals surface area contributed by atoms with Crippen molar-refractivity contribution in [2.24, 2.45) is 5.92 Å². The highest BCUT2D eigenvalue weighted by molar-refractivity contribution is 7.25. The number of fused-ring (bicyclic) bond motifs is 9. The van der Waals surface area contributed by atoms with Gasteiger partial charge in [-0.25, -0.2) is 9.97 Å². The van der Waals surface area contributed by atoms with Crippen LogP contribution >= 0.6 is 11.3 Å². The number of hydrogen-bond donors (Lipinski definition) is 0. The van der Waals surface area contributed by atoms with Gasteiger partial charge in [-0.2, -0.15) is 0 Å². The number of rotatable bonds is 36. The molecule has 3 nitrogen and oxygen atoms in total. The first-order valence-corrected chi connectivity index (χ1v) is 42.7. The normalized spacial score (nSPS) is 15.8. The monoisotopic (exact) mass is 1420 g/mol. The Hall–Kier alpha value is -7.14. The maximum atomic E-state index is 6.51. The summed E-state index contributed by atoms with van der Waals surface area (Å²) in [7, 11) is 0. The molecule has 8 aromatic carbocycles. The summed E-state index contributed by atoms with van der Waals surface area (Å²) < 4.78 is 9.00. The molecular weight excluding hydrogens is 1290 g/mol. The summed E-state index contributed by atoms with van der Waals surface area (Å²) in [6, 6.07) is 67.0. The summed E-state index contributed by atoms with van der Waals surface area (Å²) in [4.78, 5) is 12.3. The number of aromatic nitrogens is 2. The highest BCUT2D eigenvalue weighted by atomic mass is 32.1. The van der Waals surface area contributed by atoms with Crippen LogP contribution in [0.5, 0.6) is 0 Å². The van der Waals surface area contributed by atoms with E-state index < -0.39 is 10.8 Å². The van der Waals surface area contributed by atoms with Crippen LogP contribution in [0.4, 0.5) is 0 Å².